The van der Waals surface area contributed by atoms with Gasteiger partial charge in [-0.3, -0.25) is 0 Å². The number of piperidine rings is 1. The van der Waals surface area contributed by atoms with Crippen LogP contribution in [0, 0.1) is 0 Å². The van der Waals surface area contributed by atoms with E-state index in [9.17, 15) is 4.79 Å². The number of ether oxygens (including phenoxy) is 2. The number of esters is 1. The zero-order valence-electron chi connectivity index (χ0n) is 12.3. The first-order valence-corrected chi connectivity index (χ1v) is 7.92. The fourth-order valence-corrected chi connectivity index (χ4v) is 3.17. The maximum atomic E-state index is 12.0. The molecule has 1 atom stereocenters. The lowest BCUT2D eigenvalue weighted by Crippen LogP contribution is -2.34. The normalized spacial score (nSPS) is 22.6. The molecule has 0 radical (unpaired) electrons. The molecular weight excluding hydrogens is 266 g/mol. The van der Waals surface area contributed by atoms with Gasteiger partial charge in [-0.15, -0.1) is 0 Å². The predicted molar refractivity (Wildman–Crippen MR) is 80.1 cm³/mol. The Morgan fingerprint density at radius 2 is 2.00 bits per heavy atom. The highest BCUT2D eigenvalue weighted by molar-refractivity contribution is 5.71. The van der Waals surface area contributed by atoms with Crippen LogP contribution in [0.4, 0.5) is 0 Å². The minimum atomic E-state index is -0.241. The standard InChI is InChI=1S/C17H23NO3/c19-17(12-20-14-8-10-18-11-9-14)21-16-7-3-5-13-4-1-2-6-15(13)16/h1-2,4,6,14,16,18H,3,5,7-12H2. The monoisotopic (exact) mass is 289 g/mol. The van der Waals surface area contributed by atoms with E-state index in [1.165, 1.54) is 11.1 Å². The number of hydrogen-bond acceptors (Lipinski definition) is 4. The van der Waals surface area contributed by atoms with Crippen LogP contribution in [-0.2, 0) is 20.7 Å². The van der Waals surface area contributed by atoms with Gasteiger partial charge in [0.1, 0.15) is 12.7 Å². The molecule has 1 aromatic rings. The third-order valence-corrected chi connectivity index (χ3v) is 4.31. The Hall–Kier alpha value is -1.39. The Balaban J connectivity index is 1.51. The zero-order valence-corrected chi connectivity index (χ0v) is 12.3. The van der Waals surface area contributed by atoms with Gasteiger partial charge in [-0.25, -0.2) is 4.79 Å². The summed E-state index contributed by atoms with van der Waals surface area (Å²) in [5.74, 6) is -0.241. The molecule has 1 aromatic carbocycles. The van der Waals surface area contributed by atoms with E-state index in [2.05, 4.69) is 17.4 Å². The maximum Gasteiger partial charge on any atom is 0.332 e. The van der Waals surface area contributed by atoms with Gasteiger partial charge < -0.3 is 14.8 Å². The molecule has 0 amide bonds. The van der Waals surface area contributed by atoms with Gasteiger partial charge in [0.05, 0.1) is 6.10 Å². The minimum Gasteiger partial charge on any atom is -0.456 e. The highest BCUT2D eigenvalue weighted by Gasteiger charge is 2.24. The number of hydrogen-bond donors (Lipinski definition) is 1. The number of carbonyl (C=O) groups excluding carboxylic acids is 1. The Kier molecular flexibility index (Phi) is 4.88. The van der Waals surface area contributed by atoms with Crippen molar-refractivity contribution < 1.29 is 14.3 Å². The fourth-order valence-electron chi connectivity index (χ4n) is 3.17. The Morgan fingerprint density at radius 1 is 1.19 bits per heavy atom. The van der Waals surface area contributed by atoms with Crippen LogP contribution in [0.25, 0.3) is 0 Å². The zero-order chi connectivity index (χ0) is 14.5. The third kappa shape index (κ3) is 3.83. The molecule has 1 aliphatic carbocycles. The molecule has 0 spiro atoms. The van der Waals surface area contributed by atoms with Crippen LogP contribution in [0.2, 0.25) is 0 Å². The summed E-state index contributed by atoms with van der Waals surface area (Å²) in [6.45, 7) is 2.01. The van der Waals surface area contributed by atoms with Gasteiger partial charge in [-0.2, -0.15) is 0 Å². The molecule has 1 aliphatic heterocycles. The smallest absolute Gasteiger partial charge is 0.332 e. The van der Waals surface area contributed by atoms with Gasteiger partial charge in [0.25, 0.3) is 0 Å². The van der Waals surface area contributed by atoms with Gasteiger partial charge >= 0.3 is 5.97 Å². The second-order valence-corrected chi connectivity index (χ2v) is 5.83. The van der Waals surface area contributed by atoms with E-state index in [1.807, 2.05) is 12.1 Å². The Bertz CT molecular complexity index is 483. The number of nitrogens with one attached hydrogen (secondary N) is 1. The maximum absolute atomic E-state index is 12.0. The lowest BCUT2D eigenvalue weighted by molar-refractivity contribution is -0.158. The van der Waals surface area contributed by atoms with Crippen molar-refractivity contribution in [3.63, 3.8) is 0 Å². The van der Waals surface area contributed by atoms with E-state index >= 15 is 0 Å². The number of fused-ring (bicyclic) bond motifs is 1. The lowest BCUT2D eigenvalue weighted by atomic mass is 9.89. The van der Waals surface area contributed by atoms with Crippen molar-refractivity contribution in [2.45, 2.75) is 44.3 Å². The average molecular weight is 289 g/mol. The van der Waals surface area contributed by atoms with E-state index in [0.717, 1.165) is 45.2 Å². The van der Waals surface area contributed by atoms with E-state index in [4.69, 9.17) is 9.47 Å². The van der Waals surface area contributed by atoms with Crippen molar-refractivity contribution in [3.8, 4) is 0 Å². The van der Waals surface area contributed by atoms with E-state index < -0.39 is 0 Å². The van der Waals surface area contributed by atoms with Crippen molar-refractivity contribution in [2.75, 3.05) is 19.7 Å². The van der Waals surface area contributed by atoms with Gasteiger partial charge in [0, 0.05) is 0 Å². The first-order chi connectivity index (χ1) is 10.3. The van der Waals surface area contributed by atoms with Gasteiger partial charge in [0.15, 0.2) is 0 Å². The molecule has 1 fully saturated rings. The van der Waals surface area contributed by atoms with Gasteiger partial charge in [0.2, 0.25) is 0 Å². The average Bonchev–Trinajstić information content (AvgIpc) is 2.54. The molecule has 0 aromatic heterocycles. The first-order valence-electron chi connectivity index (χ1n) is 7.92. The van der Waals surface area contributed by atoms with E-state index in [0.29, 0.717) is 0 Å². The molecule has 1 heterocycles. The molecule has 21 heavy (non-hydrogen) atoms. The van der Waals surface area contributed by atoms with E-state index in [-0.39, 0.29) is 24.8 Å². The molecule has 3 rings (SSSR count). The highest BCUT2D eigenvalue weighted by Crippen LogP contribution is 2.32. The Labute approximate surface area is 125 Å². The van der Waals surface area contributed by atoms with Gasteiger partial charge in [-0.1, -0.05) is 24.3 Å². The van der Waals surface area contributed by atoms with Crippen molar-refractivity contribution >= 4 is 5.97 Å². The van der Waals surface area contributed by atoms with Crippen LogP contribution in [0.3, 0.4) is 0 Å². The quantitative estimate of drug-likeness (QED) is 0.865. The molecule has 1 unspecified atom stereocenters. The number of benzene rings is 1. The second kappa shape index (κ2) is 7.05. The summed E-state index contributed by atoms with van der Waals surface area (Å²) in [5.41, 5.74) is 2.47. The molecule has 0 saturated carbocycles. The summed E-state index contributed by atoms with van der Waals surface area (Å²) >= 11 is 0. The van der Waals surface area contributed by atoms with Crippen molar-refractivity contribution in [2.24, 2.45) is 0 Å². The van der Waals surface area contributed by atoms with Crippen LogP contribution >= 0.6 is 0 Å². The van der Waals surface area contributed by atoms with Crippen molar-refractivity contribution in [3.05, 3.63) is 35.4 Å². The number of carbonyl (C=O) groups is 1. The minimum absolute atomic E-state index is 0.0728. The number of rotatable bonds is 4. The van der Waals surface area contributed by atoms with Crippen molar-refractivity contribution in [1.29, 1.82) is 0 Å². The highest BCUT2D eigenvalue weighted by atomic mass is 16.6. The van der Waals surface area contributed by atoms with E-state index in [1.54, 1.807) is 0 Å². The summed E-state index contributed by atoms with van der Waals surface area (Å²) in [6, 6.07) is 8.25. The lowest BCUT2D eigenvalue weighted by Gasteiger charge is -2.26. The molecule has 4 heteroatoms. The summed E-state index contributed by atoms with van der Waals surface area (Å²) in [4.78, 5) is 12.0. The summed E-state index contributed by atoms with van der Waals surface area (Å²) < 4.78 is 11.3. The molecule has 0 bridgehead atoms. The molecule has 114 valence electrons. The topological polar surface area (TPSA) is 47.6 Å². The van der Waals surface area contributed by atoms with Crippen LogP contribution < -0.4 is 5.32 Å². The SMILES string of the molecule is O=C(COC1CCNCC1)OC1CCCc2ccccc21. The first kappa shape index (κ1) is 14.5. The van der Waals surface area contributed by atoms with Crippen molar-refractivity contribution in [1.82, 2.24) is 5.32 Å². The molecular formula is C17H23NO3. The predicted octanol–water partition coefficient (Wildman–Crippen LogP) is 2.38. The third-order valence-electron chi connectivity index (χ3n) is 4.31. The van der Waals surface area contributed by atoms with Gasteiger partial charge in [-0.05, 0) is 56.3 Å². The van der Waals surface area contributed by atoms with Crippen LogP contribution in [-0.4, -0.2) is 31.8 Å². The molecule has 1 saturated heterocycles. The van der Waals surface area contributed by atoms with Crippen LogP contribution in [0.15, 0.2) is 24.3 Å². The Morgan fingerprint density at radius 3 is 2.86 bits per heavy atom. The summed E-state index contributed by atoms with van der Waals surface area (Å²) in [6.07, 6.45) is 5.10. The second-order valence-electron chi connectivity index (χ2n) is 5.83. The largest absolute Gasteiger partial charge is 0.456 e. The fraction of sp³-hybridized carbons (Fsp3) is 0.588. The van der Waals surface area contributed by atoms with Crippen LogP contribution in [0.1, 0.15) is 42.9 Å². The molecule has 2 aliphatic rings. The molecule has 1 N–H and O–H groups in total. The van der Waals surface area contributed by atoms with Crippen LogP contribution in [0.5, 0.6) is 0 Å². The number of aryl methyl sites for hydroxylation is 1. The summed E-state index contributed by atoms with van der Waals surface area (Å²) in [7, 11) is 0. The summed E-state index contributed by atoms with van der Waals surface area (Å²) in [5, 5.41) is 3.28. The molecule has 4 nitrogen and oxygen atoms in total.